The lowest BCUT2D eigenvalue weighted by molar-refractivity contribution is 0.474. The van der Waals surface area contributed by atoms with E-state index in [1.807, 2.05) is 0 Å². The third-order valence-electron chi connectivity index (χ3n) is 6.08. The molecule has 36 heavy (non-hydrogen) atoms. The summed E-state index contributed by atoms with van der Waals surface area (Å²) < 4.78 is 1.87. The first-order chi connectivity index (χ1) is 17.0. The van der Waals surface area contributed by atoms with Crippen LogP contribution in [0.15, 0.2) is 67.7 Å². The van der Waals surface area contributed by atoms with Crippen LogP contribution in [0.25, 0.3) is 22.9 Å². The van der Waals surface area contributed by atoms with Crippen molar-refractivity contribution in [2.24, 2.45) is 0 Å². The Morgan fingerprint density at radius 1 is 0.583 bits per heavy atom. The van der Waals surface area contributed by atoms with Gasteiger partial charge >= 0.3 is 0 Å². The van der Waals surface area contributed by atoms with E-state index >= 15 is 0 Å². The van der Waals surface area contributed by atoms with Crippen LogP contribution < -0.4 is 32.4 Å². The van der Waals surface area contributed by atoms with Gasteiger partial charge in [0.05, 0.1) is 20.9 Å². The first-order valence-electron chi connectivity index (χ1n) is 10.7. The lowest BCUT2D eigenvalue weighted by Crippen LogP contribution is -2.33. The van der Waals surface area contributed by atoms with Crippen molar-refractivity contribution in [2.75, 3.05) is 0 Å². The SMILES string of the molecule is C/C(O)=c1\c2c(=O)c3n(-c4ccc(O)cc4)c(=O)/c(=C(/C)O)c=3c(=O)c=2n(-c2ccc(O)cc2)c1=O. The number of aliphatic hydroxyl groups excluding tert-OH is 2. The minimum absolute atomic E-state index is 0.100. The van der Waals surface area contributed by atoms with Gasteiger partial charge in [0.15, 0.2) is 0 Å². The molecular formula is C26H18N2O8. The van der Waals surface area contributed by atoms with Crippen LogP contribution in [0.4, 0.5) is 0 Å². The number of hydrogen-bond acceptors (Lipinski definition) is 8. The molecule has 0 saturated heterocycles. The molecule has 4 N–H and O–H groups in total. The number of phenols is 2. The zero-order valence-corrected chi connectivity index (χ0v) is 18.9. The molecule has 0 fully saturated rings. The molecule has 2 aromatic rings. The van der Waals surface area contributed by atoms with Crippen LogP contribution in [0.1, 0.15) is 13.8 Å². The van der Waals surface area contributed by atoms with Gasteiger partial charge in [-0.2, -0.15) is 0 Å². The first-order valence-corrected chi connectivity index (χ1v) is 10.7. The van der Waals surface area contributed by atoms with Crippen LogP contribution >= 0.6 is 0 Å². The molecule has 0 radical (unpaired) electrons. The molecule has 2 heterocycles. The monoisotopic (exact) mass is 486 g/mol. The highest BCUT2D eigenvalue weighted by atomic mass is 16.3. The molecule has 180 valence electrons. The maximum atomic E-state index is 13.9. The number of nitrogens with zero attached hydrogens (tertiary/aromatic N) is 2. The maximum absolute atomic E-state index is 13.9. The van der Waals surface area contributed by atoms with E-state index < -0.39 is 43.9 Å². The lowest BCUT2D eigenvalue weighted by atomic mass is 10.2. The zero-order valence-electron chi connectivity index (χ0n) is 18.9. The van der Waals surface area contributed by atoms with E-state index in [0.717, 1.165) is 9.13 Å². The summed E-state index contributed by atoms with van der Waals surface area (Å²) in [4.78, 5) is 54.6. The van der Waals surface area contributed by atoms with Crippen LogP contribution in [0.5, 0.6) is 11.5 Å². The minimum atomic E-state index is -0.879. The fourth-order valence-electron chi connectivity index (χ4n) is 4.58. The molecule has 2 aliphatic heterocycles. The van der Waals surface area contributed by atoms with Crippen molar-refractivity contribution in [3.63, 3.8) is 0 Å². The molecule has 10 nitrogen and oxygen atoms in total. The number of hydrogen-bond donors (Lipinski definition) is 4. The predicted octanol–water partition coefficient (Wildman–Crippen LogP) is -0.183. The number of aliphatic hydroxyl groups is 2. The highest BCUT2D eigenvalue weighted by Gasteiger charge is 2.23. The van der Waals surface area contributed by atoms with Crippen LogP contribution in [0.3, 0.4) is 0 Å². The Labute approximate surface area is 199 Å². The van der Waals surface area contributed by atoms with E-state index in [4.69, 9.17) is 0 Å². The Morgan fingerprint density at radius 3 is 1.17 bits per heavy atom. The standard InChI is InChI=1S/C26H18N2O8/c1-11(29)17-19-21(27(25(17)35)13-3-7-15(31)8-4-13)24(34)20-18(12(2)30)26(36)28(22(20)23(19)33)14-5-9-16(32)10-6-14/h3-10,29-32H,1-2H3/b17-11-,18-12-. The molecule has 0 atom stereocenters. The van der Waals surface area contributed by atoms with Gasteiger partial charge in [-0.25, -0.2) is 0 Å². The van der Waals surface area contributed by atoms with Crippen molar-refractivity contribution in [3.05, 3.63) is 121 Å². The third-order valence-corrected chi connectivity index (χ3v) is 6.08. The van der Waals surface area contributed by atoms with Crippen molar-refractivity contribution in [3.8, 4) is 22.9 Å². The molecule has 3 aliphatic rings. The van der Waals surface area contributed by atoms with Gasteiger partial charge in [0.25, 0.3) is 11.1 Å². The largest absolute Gasteiger partial charge is 0.512 e. The van der Waals surface area contributed by atoms with E-state index in [0.29, 0.717) is 0 Å². The van der Waals surface area contributed by atoms with Gasteiger partial charge in [0.1, 0.15) is 33.7 Å². The number of phenolic OH excluding ortho intramolecular Hbond substituents is 2. The lowest BCUT2D eigenvalue weighted by Gasteiger charge is -2.04. The Kier molecular flexibility index (Phi) is 4.85. The van der Waals surface area contributed by atoms with Crippen LogP contribution in [0, 0.1) is 21.1 Å². The summed E-state index contributed by atoms with van der Waals surface area (Å²) >= 11 is 0. The molecule has 0 aromatic heterocycles. The van der Waals surface area contributed by atoms with Crippen molar-refractivity contribution in [1.82, 2.24) is 9.13 Å². The molecule has 5 rings (SSSR count). The summed E-state index contributed by atoms with van der Waals surface area (Å²) in [5.74, 6) is -1.21. The first kappa shape index (κ1) is 22.7. The second kappa shape index (κ2) is 7.70. The van der Waals surface area contributed by atoms with E-state index in [1.54, 1.807) is 0 Å². The highest BCUT2D eigenvalue weighted by Crippen LogP contribution is 2.14. The summed E-state index contributed by atoms with van der Waals surface area (Å²) in [6.45, 7) is 2.39. The molecular weight excluding hydrogens is 468 g/mol. The van der Waals surface area contributed by atoms with Gasteiger partial charge < -0.3 is 20.4 Å². The maximum Gasteiger partial charge on any atom is 0.267 e. The van der Waals surface area contributed by atoms with E-state index in [9.17, 15) is 39.6 Å². The van der Waals surface area contributed by atoms with Crippen LogP contribution in [0.2, 0.25) is 0 Å². The Morgan fingerprint density at radius 2 is 0.889 bits per heavy atom. The van der Waals surface area contributed by atoms with Gasteiger partial charge in [0.2, 0.25) is 10.9 Å². The van der Waals surface area contributed by atoms with Crippen molar-refractivity contribution >= 4 is 11.5 Å². The molecule has 10 heteroatoms. The summed E-state index contributed by atoms with van der Waals surface area (Å²) in [7, 11) is 0. The summed E-state index contributed by atoms with van der Waals surface area (Å²) in [5.41, 5.74) is -3.18. The summed E-state index contributed by atoms with van der Waals surface area (Å²) in [5, 5.41) is 37.6. The highest BCUT2D eigenvalue weighted by molar-refractivity contribution is 5.44. The fraction of sp³-hybridized carbons (Fsp3) is 0.0769. The predicted molar refractivity (Wildman–Crippen MR) is 129 cm³/mol. The third kappa shape index (κ3) is 2.97. The van der Waals surface area contributed by atoms with Gasteiger partial charge in [0, 0.05) is 11.4 Å². The summed E-state index contributed by atoms with van der Waals surface area (Å²) in [6.07, 6.45) is 0. The normalized spacial score (nSPS) is 13.4. The van der Waals surface area contributed by atoms with Gasteiger partial charge in [-0.1, -0.05) is 0 Å². The topological polar surface area (TPSA) is 159 Å². The number of benzene rings is 2. The molecule has 0 amide bonds. The Bertz CT molecular complexity index is 2000. The molecule has 1 aliphatic carbocycles. The van der Waals surface area contributed by atoms with E-state index in [2.05, 4.69) is 0 Å². The molecule has 0 saturated carbocycles. The van der Waals surface area contributed by atoms with Crippen molar-refractivity contribution < 1.29 is 20.4 Å². The molecule has 0 bridgehead atoms. The molecule has 2 aromatic carbocycles. The molecule has 0 spiro atoms. The second-order valence-electron chi connectivity index (χ2n) is 8.34. The van der Waals surface area contributed by atoms with Crippen LogP contribution in [-0.4, -0.2) is 29.6 Å². The Balaban J connectivity index is 2.20. The average molecular weight is 486 g/mol. The number of aromatic nitrogens is 2. The Hall–Kier alpha value is -5.12. The van der Waals surface area contributed by atoms with E-state index in [1.165, 1.54) is 62.4 Å². The van der Waals surface area contributed by atoms with E-state index in [-0.39, 0.29) is 44.0 Å². The zero-order chi connectivity index (χ0) is 26.0. The minimum Gasteiger partial charge on any atom is -0.512 e. The average Bonchev–Trinajstić information content (AvgIpc) is 3.31. The van der Waals surface area contributed by atoms with Gasteiger partial charge in [-0.15, -0.1) is 0 Å². The van der Waals surface area contributed by atoms with Gasteiger partial charge in [-0.05, 0) is 62.4 Å². The second-order valence-corrected chi connectivity index (χ2v) is 8.34. The van der Waals surface area contributed by atoms with Crippen molar-refractivity contribution in [2.45, 2.75) is 13.8 Å². The van der Waals surface area contributed by atoms with Crippen LogP contribution in [-0.2, 0) is 0 Å². The van der Waals surface area contributed by atoms with Gasteiger partial charge in [-0.3, -0.25) is 28.3 Å². The molecule has 0 unspecified atom stereocenters. The summed E-state index contributed by atoms with van der Waals surface area (Å²) in [6, 6.07) is 10.5. The number of aromatic hydroxyl groups is 2. The van der Waals surface area contributed by atoms with Crippen molar-refractivity contribution in [1.29, 1.82) is 0 Å². The smallest absolute Gasteiger partial charge is 0.267 e. The quantitative estimate of drug-likeness (QED) is 0.267. The number of rotatable bonds is 2. The fourth-order valence-corrected chi connectivity index (χ4v) is 4.58.